The number of nitrogens with one attached hydrogen (secondary N) is 1. The molecule has 0 unspecified atom stereocenters. The first-order valence-corrected chi connectivity index (χ1v) is 9.20. The van der Waals surface area contributed by atoms with E-state index in [9.17, 15) is 14.4 Å². The molecule has 0 bridgehead atoms. The second-order valence-electron chi connectivity index (χ2n) is 6.37. The number of fused-ring (bicyclic) bond motifs is 1. The molecule has 0 radical (unpaired) electrons. The minimum absolute atomic E-state index is 0.0847. The first kappa shape index (κ1) is 19.7. The van der Waals surface area contributed by atoms with Gasteiger partial charge >= 0.3 is 5.76 Å². The predicted octanol–water partition coefficient (Wildman–Crippen LogP) is 3.13. The molecule has 0 saturated heterocycles. The van der Waals surface area contributed by atoms with Gasteiger partial charge < -0.3 is 14.6 Å². The van der Waals surface area contributed by atoms with Gasteiger partial charge in [-0.1, -0.05) is 35.9 Å². The number of para-hydroxylation sites is 3. The highest BCUT2D eigenvalue weighted by molar-refractivity contribution is 6.33. The number of aromatic nitrogens is 1. The molecule has 0 aliphatic heterocycles. The Kier molecular flexibility index (Phi) is 6.16. The number of nitrogens with zero attached hydrogens (tertiary/aromatic N) is 2. The monoisotopic (exact) mass is 401 g/mol. The number of hydrogen-bond acceptors (Lipinski definition) is 4. The van der Waals surface area contributed by atoms with Crippen LogP contribution in [0.5, 0.6) is 0 Å². The summed E-state index contributed by atoms with van der Waals surface area (Å²) in [6.07, 6.45) is 0.667. The maximum Gasteiger partial charge on any atom is 0.419 e. The molecule has 0 fully saturated rings. The lowest BCUT2D eigenvalue weighted by molar-refractivity contribution is -0.133. The zero-order valence-corrected chi connectivity index (χ0v) is 16.1. The molecule has 0 saturated carbocycles. The number of oxazole rings is 1. The molecule has 7 nitrogen and oxygen atoms in total. The normalized spacial score (nSPS) is 10.8. The molecule has 8 heteroatoms. The molecule has 3 rings (SSSR count). The van der Waals surface area contributed by atoms with Crippen LogP contribution in [0.2, 0.25) is 5.02 Å². The molecular weight excluding hydrogens is 382 g/mol. The van der Waals surface area contributed by atoms with E-state index in [1.54, 1.807) is 49.5 Å². The zero-order valence-electron chi connectivity index (χ0n) is 15.4. The summed E-state index contributed by atoms with van der Waals surface area (Å²) in [7, 11) is 1.56. The van der Waals surface area contributed by atoms with Gasteiger partial charge in [0.05, 0.1) is 22.8 Å². The number of hydrogen-bond donors (Lipinski definition) is 1. The van der Waals surface area contributed by atoms with Gasteiger partial charge in [-0.25, -0.2) is 4.79 Å². The molecule has 2 aromatic carbocycles. The molecule has 1 heterocycles. The van der Waals surface area contributed by atoms with E-state index in [2.05, 4.69) is 5.32 Å². The number of aryl methyl sites for hydroxylation is 1. The van der Waals surface area contributed by atoms with Crippen molar-refractivity contribution in [1.29, 1.82) is 0 Å². The average molecular weight is 402 g/mol. The molecular formula is C20H20ClN3O4. The van der Waals surface area contributed by atoms with E-state index < -0.39 is 5.76 Å². The number of amides is 2. The van der Waals surface area contributed by atoms with Crippen LogP contribution in [0, 0.1) is 0 Å². The van der Waals surface area contributed by atoms with Gasteiger partial charge in [0.25, 0.3) is 0 Å². The number of halogens is 1. The number of benzene rings is 2. The van der Waals surface area contributed by atoms with Crippen LogP contribution < -0.4 is 11.1 Å². The van der Waals surface area contributed by atoms with Gasteiger partial charge in [-0.2, -0.15) is 0 Å². The lowest BCUT2D eigenvalue weighted by atomic mass is 10.2. The van der Waals surface area contributed by atoms with Gasteiger partial charge in [-0.15, -0.1) is 0 Å². The molecule has 1 aromatic heterocycles. The number of likely N-dealkylation sites (N-methyl/N-ethyl adjacent to an activating group) is 1. The highest BCUT2D eigenvalue weighted by Gasteiger charge is 2.15. The predicted molar refractivity (Wildman–Crippen MR) is 107 cm³/mol. The van der Waals surface area contributed by atoms with Crippen molar-refractivity contribution in [2.75, 3.05) is 18.9 Å². The van der Waals surface area contributed by atoms with Crippen molar-refractivity contribution < 1.29 is 14.0 Å². The maximum absolute atomic E-state index is 12.3. The topological polar surface area (TPSA) is 84.5 Å². The summed E-state index contributed by atoms with van der Waals surface area (Å²) >= 11 is 6.01. The summed E-state index contributed by atoms with van der Waals surface area (Å²) < 4.78 is 6.68. The maximum atomic E-state index is 12.3. The third-order valence-corrected chi connectivity index (χ3v) is 4.63. The lowest BCUT2D eigenvalue weighted by Gasteiger charge is -2.17. The standard InChI is InChI=1S/C20H20ClN3O4/c1-23(13-18(25)22-15-8-3-2-7-14(15)21)19(26)11-6-12-24-16-9-4-5-10-17(16)28-20(24)27/h2-5,7-10H,6,11-13H2,1H3,(H,22,25). The molecule has 0 atom stereocenters. The molecule has 1 N–H and O–H groups in total. The highest BCUT2D eigenvalue weighted by atomic mass is 35.5. The Hall–Kier alpha value is -3.06. The summed E-state index contributed by atoms with van der Waals surface area (Å²) in [6, 6.07) is 14.0. The lowest BCUT2D eigenvalue weighted by Crippen LogP contribution is -2.35. The van der Waals surface area contributed by atoms with Gasteiger partial charge in [0.1, 0.15) is 0 Å². The van der Waals surface area contributed by atoms with Crippen LogP contribution in [0.3, 0.4) is 0 Å². The van der Waals surface area contributed by atoms with E-state index in [-0.39, 0.29) is 24.8 Å². The second kappa shape index (κ2) is 8.75. The number of carbonyl (C=O) groups is 2. The van der Waals surface area contributed by atoms with Crippen molar-refractivity contribution in [2.24, 2.45) is 0 Å². The van der Waals surface area contributed by atoms with E-state index in [4.69, 9.17) is 16.0 Å². The second-order valence-corrected chi connectivity index (χ2v) is 6.78. The Bertz CT molecular complexity index is 1060. The van der Waals surface area contributed by atoms with Crippen LogP contribution in [0.1, 0.15) is 12.8 Å². The Balaban J connectivity index is 1.50. The first-order chi connectivity index (χ1) is 13.5. The van der Waals surface area contributed by atoms with E-state index in [1.807, 2.05) is 6.07 Å². The zero-order chi connectivity index (χ0) is 20.1. The first-order valence-electron chi connectivity index (χ1n) is 8.82. The van der Waals surface area contributed by atoms with Crippen molar-refractivity contribution in [3.05, 3.63) is 64.1 Å². The van der Waals surface area contributed by atoms with Gasteiger partial charge in [0, 0.05) is 20.0 Å². The van der Waals surface area contributed by atoms with Crippen molar-refractivity contribution in [1.82, 2.24) is 9.47 Å². The van der Waals surface area contributed by atoms with Crippen molar-refractivity contribution in [3.63, 3.8) is 0 Å². The minimum Gasteiger partial charge on any atom is -0.408 e. The summed E-state index contributed by atoms with van der Waals surface area (Å²) in [5, 5.41) is 3.11. The largest absolute Gasteiger partial charge is 0.419 e. The average Bonchev–Trinajstić information content (AvgIpc) is 2.99. The molecule has 0 aliphatic rings. The Labute approximate surface area is 166 Å². The van der Waals surface area contributed by atoms with Crippen LogP contribution >= 0.6 is 11.6 Å². The SMILES string of the molecule is CN(CC(=O)Nc1ccccc1Cl)C(=O)CCCn1c(=O)oc2ccccc21. The summed E-state index contributed by atoms with van der Waals surface area (Å²) in [5.41, 5.74) is 1.72. The van der Waals surface area contributed by atoms with Crippen LogP contribution in [0.25, 0.3) is 11.1 Å². The quantitative estimate of drug-likeness (QED) is 0.659. The van der Waals surface area contributed by atoms with Crippen molar-refractivity contribution in [3.8, 4) is 0 Å². The number of carbonyl (C=O) groups excluding carboxylic acids is 2. The summed E-state index contributed by atoms with van der Waals surface area (Å²) in [5.74, 6) is -0.961. The van der Waals surface area contributed by atoms with Crippen molar-refractivity contribution >= 4 is 40.2 Å². The third kappa shape index (κ3) is 4.61. The Morgan fingerprint density at radius 3 is 2.64 bits per heavy atom. The number of rotatable bonds is 7. The van der Waals surface area contributed by atoms with Gasteiger partial charge in [-0.05, 0) is 30.7 Å². The van der Waals surface area contributed by atoms with E-state index in [0.29, 0.717) is 34.8 Å². The highest BCUT2D eigenvalue weighted by Crippen LogP contribution is 2.20. The smallest absolute Gasteiger partial charge is 0.408 e. The fraction of sp³-hybridized carbons (Fsp3) is 0.250. The van der Waals surface area contributed by atoms with E-state index in [0.717, 1.165) is 0 Å². The van der Waals surface area contributed by atoms with Crippen LogP contribution in [-0.2, 0) is 16.1 Å². The third-order valence-electron chi connectivity index (χ3n) is 4.30. The fourth-order valence-electron chi connectivity index (χ4n) is 2.86. The molecule has 3 aromatic rings. The van der Waals surface area contributed by atoms with Gasteiger partial charge in [0.2, 0.25) is 11.8 Å². The van der Waals surface area contributed by atoms with Crippen LogP contribution in [0.4, 0.5) is 5.69 Å². The van der Waals surface area contributed by atoms with E-state index >= 15 is 0 Å². The van der Waals surface area contributed by atoms with Gasteiger partial charge in [0.15, 0.2) is 5.58 Å². The molecule has 2 amide bonds. The minimum atomic E-state index is -0.443. The Morgan fingerprint density at radius 2 is 1.86 bits per heavy atom. The Morgan fingerprint density at radius 1 is 1.14 bits per heavy atom. The number of anilines is 1. The van der Waals surface area contributed by atoms with Gasteiger partial charge in [-0.3, -0.25) is 14.2 Å². The summed E-state index contributed by atoms with van der Waals surface area (Å²) in [4.78, 5) is 37.7. The molecule has 146 valence electrons. The molecule has 0 aliphatic carbocycles. The van der Waals surface area contributed by atoms with Crippen LogP contribution in [-0.4, -0.2) is 34.9 Å². The fourth-order valence-corrected chi connectivity index (χ4v) is 3.04. The van der Waals surface area contributed by atoms with E-state index in [1.165, 1.54) is 9.47 Å². The molecule has 28 heavy (non-hydrogen) atoms. The summed E-state index contributed by atoms with van der Waals surface area (Å²) in [6.45, 7) is 0.278. The van der Waals surface area contributed by atoms with Crippen molar-refractivity contribution in [2.45, 2.75) is 19.4 Å². The van der Waals surface area contributed by atoms with Crippen LogP contribution in [0.15, 0.2) is 57.7 Å². The molecule has 0 spiro atoms.